The number of hydrogen-bond acceptors (Lipinski definition) is 3. The molecule has 24 heavy (non-hydrogen) atoms. The quantitative estimate of drug-likeness (QED) is 0.784. The minimum absolute atomic E-state index is 0.580. The predicted octanol–water partition coefficient (Wildman–Crippen LogP) is 3.69. The molecule has 0 amide bonds. The number of para-hydroxylation sites is 1. The van der Waals surface area contributed by atoms with E-state index in [9.17, 15) is 0 Å². The Labute approximate surface area is 144 Å². The molecule has 1 aromatic heterocycles. The van der Waals surface area contributed by atoms with E-state index in [4.69, 9.17) is 16.0 Å². The van der Waals surface area contributed by atoms with E-state index in [0.29, 0.717) is 11.0 Å². The van der Waals surface area contributed by atoms with Gasteiger partial charge in [-0.2, -0.15) is 0 Å². The first-order valence-corrected chi connectivity index (χ1v) is 8.13. The van der Waals surface area contributed by atoms with E-state index < -0.39 is 0 Å². The van der Waals surface area contributed by atoms with Crippen LogP contribution in [0.25, 0.3) is 18.2 Å². The van der Waals surface area contributed by atoms with Crippen molar-refractivity contribution in [1.29, 1.82) is 0 Å². The Balaban J connectivity index is 1.64. The number of fused-ring (bicyclic) bond motifs is 1. The third kappa shape index (κ3) is 2.99. The van der Waals surface area contributed by atoms with Crippen molar-refractivity contribution in [3.05, 3.63) is 88.2 Å². The van der Waals surface area contributed by atoms with Crippen molar-refractivity contribution >= 4 is 35.5 Å². The molecule has 4 heteroatoms. The Morgan fingerprint density at radius 3 is 2.92 bits per heavy atom. The van der Waals surface area contributed by atoms with Crippen LogP contribution in [0.1, 0.15) is 12.3 Å². The van der Waals surface area contributed by atoms with Gasteiger partial charge in [-0.1, -0.05) is 48.0 Å². The summed E-state index contributed by atoms with van der Waals surface area (Å²) in [7, 11) is 0. The third-order valence-electron chi connectivity index (χ3n) is 3.79. The molecule has 2 aromatic rings. The molecule has 0 radical (unpaired) electrons. The van der Waals surface area contributed by atoms with Crippen molar-refractivity contribution in [2.75, 3.05) is 4.90 Å². The van der Waals surface area contributed by atoms with Crippen molar-refractivity contribution in [1.82, 2.24) is 4.98 Å². The standard InChI is InChI=1S/C20H15ClN2O/c21-19-13-15(11-12-23(19)16-7-3-1-4-8-16)14-20-22-17-9-5-2-6-10-18(17)24-20/h1-4,6-14H,5H2. The molecule has 1 aromatic carbocycles. The van der Waals surface area contributed by atoms with Crippen LogP contribution in [0, 0.1) is 0 Å². The summed E-state index contributed by atoms with van der Waals surface area (Å²) in [6.07, 6.45) is 16.6. The van der Waals surface area contributed by atoms with Gasteiger partial charge in [0.2, 0.25) is 5.89 Å². The van der Waals surface area contributed by atoms with Gasteiger partial charge in [0.05, 0.1) is 0 Å². The van der Waals surface area contributed by atoms with Gasteiger partial charge in [-0.25, -0.2) is 4.98 Å². The molecule has 1 aliphatic heterocycles. The number of benzene rings is 1. The molecule has 0 bridgehead atoms. The van der Waals surface area contributed by atoms with Crippen LogP contribution in [0.15, 0.2) is 76.0 Å². The van der Waals surface area contributed by atoms with Gasteiger partial charge in [0, 0.05) is 18.0 Å². The first kappa shape index (κ1) is 14.8. The Morgan fingerprint density at radius 1 is 1.21 bits per heavy atom. The van der Waals surface area contributed by atoms with E-state index in [-0.39, 0.29) is 0 Å². The molecular weight excluding hydrogens is 320 g/mol. The van der Waals surface area contributed by atoms with Gasteiger partial charge in [-0.15, -0.1) is 0 Å². The van der Waals surface area contributed by atoms with E-state index in [1.807, 2.05) is 71.8 Å². The van der Waals surface area contributed by atoms with E-state index in [1.54, 1.807) is 0 Å². The predicted molar refractivity (Wildman–Crippen MR) is 98.4 cm³/mol. The molecule has 0 spiro atoms. The maximum atomic E-state index is 6.42. The zero-order valence-corrected chi connectivity index (χ0v) is 13.6. The minimum Gasteiger partial charge on any atom is -0.437 e. The Bertz CT molecular complexity index is 994. The lowest BCUT2D eigenvalue weighted by Crippen LogP contribution is -2.20. The van der Waals surface area contributed by atoms with Crippen molar-refractivity contribution in [2.45, 2.75) is 6.42 Å². The Morgan fingerprint density at radius 2 is 2.08 bits per heavy atom. The Hall–Kier alpha value is -2.78. The number of oxazole rings is 1. The van der Waals surface area contributed by atoms with Crippen LogP contribution in [0.2, 0.25) is 0 Å². The molecule has 3 nitrogen and oxygen atoms in total. The van der Waals surface area contributed by atoms with Crippen LogP contribution < -0.4 is 15.7 Å². The number of aromatic nitrogens is 1. The molecule has 0 saturated heterocycles. The fourth-order valence-corrected chi connectivity index (χ4v) is 2.90. The molecule has 0 N–H and O–H groups in total. The van der Waals surface area contributed by atoms with Crippen molar-refractivity contribution < 1.29 is 4.42 Å². The summed E-state index contributed by atoms with van der Waals surface area (Å²) in [5.74, 6) is 0.580. The summed E-state index contributed by atoms with van der Waals surface area (Å²) in [6.45, 7) is 0. The maximum Gasteiger partial charge on any atom is 0.220 e. The van der Waals surface area contributed by atoms with Gasteiger partial charge >= 0.3 is 0 Å². The second kappa shape index (κ2) is 6.38. The summed E-state index contributed by atoms with van der Waals surface area (Å²) < 4.78 is 5.79. The third-order valence-corrected chi connectivity index (χ3v) is 4.08. The van der Waals surface area contributed by atoms with E-state index in [0.717, 1.165) is 28.4 Å². The summed E-state index contributed by atoms with van der Waals surface area (Å²) in [4.78, 5) is 6.44. The first-order valence-electron chi connectivity index (χ1n) is 7.75. The summed E-state index contributed by atoms with van der Waals surface area (Å²) in [5, 5.41) is 1.51. The molecule has 0 saturated carbocycles. The van der Waals surface area contributed by atoms with Crippen molar-refractivity contribution in [2.24, 2.45) is 0 Å². The fourth-order valence-electron chi connectivity index (χ4n) is 2.62. The molecule has 4 rings (SSSR count). The largest absolute Gasteiger partial charge is 0.437 e. The van der Waals surface area contributed by atoms with Crippen LogP contribution in [0.3, 0.4) is 0 Å². The topological polar surface area (TPSA) is 29.3 Å². The smallest absolute Gasteiger partial charge is 0.220 e. The van der Waals surface area contributed by atoms with Crippen LogP contribution in [0.5, 0.6) is 0 Å². The fraction of sp³-hybridized carbons (Fsp3) is 0.0500. The zero-order valence-electron chi connectivity index (χ0n) is 12.9. The highest BCUT2D eigenvalue weighted by atomic mass is 35.5. The van der Waals surface area contributed by atoms with Crippen molar-refractivity contribution in [3.63, 3.8) is 0 Å². The molecule has 118 valence electrons. The molecule has 1 aliphatic carbocycles. The number of rotatable bonds is 2. The van der Waals surface area contributed by atoms with Gasteiger partial charge in [-0.05, 0) is 42.4 Å². The number of halogens is 1. The number of nitrogens with zero attached hydrogens (tertiary/aromatic N) is 2. The van der Waals surface area contributed by atoms with Gasteiger partial charge < -0.3 is 9.32 Å². The van der Waals surface area contributed by atoms with Gasteiger partial charge in [-0.3, -0.25) is 0 Å². The average Bonchev–Trinajstić information content (AvgIpc) is 2.84. The van der Waals surface area contributed by atoms with E-state index in [2.05, 4.69) is 17.1 Å². The molecule has 2 aliphatic rings. The highest BCUT2D eigenvalue weighted by Gasteiger charge is 2.12. The molecular formula is C20H15ClN2O. The minimum atomic E-state index is 0.580. The molecule has 2 heterocycles. The summed E-state index contributed by atoms with van der Waals surface area (Å²) in [5.41, 5.74) is 2.75. The summed E-state index contributed by atoms with van der Waals surface area (Å²) in [6, 6.07) is 9.98. The molecule has 0 unspecified atom stereocenters. The molecule has 0 fully saturated rings. The second-order valence-electron chi connectivity index (χ2n) is 5.47. The lowest BCUT2D eigenvalue weighted by molar-refractivity contribution is 0.514. The Kier molecular flexibility index (Phi) is 3.93. The van der Waals surface area contributed by atoms with Crippen LogP contribution in [-0.4, -0.2) is 4.98 Å². The van der Waals surface area contributed by atoms with E-state index in [1.165, 1.54) is 0 Å². The number of anilines is 1. The van der Waals surface area contributed by atoms with E-state index >= 15 is 0 Å². The summed E-state index contributed by atoms with van der Waals surface area (Å²) >= 11 is 6.42. The zero-order chi connectivity index (χ0) is 16.4. The second-order valence-corrected chi connectivity index (χ2v) is 5.86. The van der Waals surface area contributed by atoms with Crippen LogP contribution in [-0.2, 0) is 0 Å². The highest BCUT2D eigenvalue weighted by molar-refractivity contribution is 6.31. The molecule has 0 atom stereocenters. The maximum absolute atomic E-state index is 6.42. The number of hydrogen-bond donors (Lipinski definition) is 0. The average molecular weight is 335 g/mol. The number of allylic oxidation sites excluding steroid dienone is 5. The monoisotopic (exact) mass is 334 g/mol. The van der Waals surface area contributed by atoms with Crippen LogP contribution in [0.4, 0.5) is 5.69 Å². The van der Waals surface area contributed by atoms with Gasteiger partial charge in [0.25, 0.3) is 0 Å². The van der Waals surface area contributed by atoms with Crippen LogP contribution >= 0.6 is 11.6 Å². The highest BCUT2D eigenvalue weighted by Crippen LogP contribution is 2.27. The normalized spacial score (nSPS) is 17.8. The van der Waals surface area contributed by atoms with Gasteiger partial charge in [0.1, 0.15) is 10.5 Å². The van der Waals surface area contributed by atoms with Crippen molar-refractivity contribution in [3.8, 4) is 0 Å². The lowest BCUT2D eigenvalue weighted by Gasteiger charge is -2.22. The lowest BCUT2D eigenvalue weighted by atomic mass is 10.2. The first-order chi connectivity index (χ1) is 11.8. The SMILES string of the molecule is ClC1=CC(=Cc2nc3c(o2)=CC=CCC=3)C=CN1c1ccccc1. The van der Waals surface area contributed by atoms with Gasteiger partial charge in [0.15, 0.2) is 5.42 Å².